The summed E-state index contributed by atoms with van der Waals surface area (Å²) in [6.45, 7) is 5.99. The molecule has 1 saturated heterocycles. The molecular weight excluding hydrogens is 484 g/mol. The average molecular weight is 515 g/mol. The van der Waals surface area contributed by atoms with E-state index in [-0.39, 0.29) is 23.8 Å². The summed E-state index contributed by atoms with van der Waals surface area (Å²) in [5.74, 6) is 2.41. The molecular formula is C25H31ClN6O4. The van der Waals surface area contributed by atoms with Crippen LogP contribution in [0.25, 0.3) is 10.9 Å². The summed E-state index contributed by atoms with van der Waals surface area (Å²) in [6.07, 6.45) is 2.78. The molecule has 10 nitrogen and oxygen atoms in total. The zero-order chi connectivity index (χ0) is 26.0. The lowest BCUT2D eigenvalue weighted by Crippen LogP contribution is -2.39. The van der Waals surface area contributed by atoms with Crippen molar-refractivity contribution < 1.29 is 14.3 Å². The molecule has 2 atom stereocenters. The van der Waals surface area contributed by atoms with Crippen LogP contribution < -0.4 is 30.6 Å². The molecule has 0 bridgehead atoms. The van der Waals surface area contributed by atoms with E-state index in [1.807, 2.05) is 6.07 Å². The molecule has 2 unspecified atom stereocenters. The van der Waals surface area contributed by atoms with E-state index in [1.165, 1.54) is 25.1 Å². The summed E-state index contributed by atoms with van der Waals surface area (Å²) in [5.41, 5.74) is 0.868. The highest BCUT2D eigenvalue weighted by molar-refractivity contribution is 6.32. The number of hydrogen-bond acceptors (Lipinski definition) is 8. The molecule has 1 amide bonds. The van der Waals surface area contributed by atoms with Crippen molar-refractivity contribution in [3.8, 4) is 11.5 Å². The summed E-state index contributed by atoms with van der Waals surface area (Å²) in [4.78, 5) is 35.8. The van der Waals surface area contributed by atoms with E-state index < -0.39 is 0 Å². The number of amides is 1. The minimum Gasteiger partial charge on any atom is -0.494 e. The van der Waals surface area contributed by atoms with Crippen LogP contribution in [0.4, 0.5) is 17.5 Å². The van der Waals surface area contributed by atoms with Gasteiger partial charge < -0.3 is 29.6 Å². The number of nitrogens with one attached hydrogen (secondary N) is 2. The molecule has 0 spiro atoms. The summed E-state index contributed by atoms with van der Waals surface area (Å²) < 4.78 is 12.5. The molecule has 4 rings (SSSR count). The van der Waals surface area contributed by atoms with Gasteiger partial charge in [0.05, 0.1) is 18.8 Å². The molecule has 0 aliphatic carbocycles. The Morgan fingerprint density at radius 3 is 2.58 bits per heavy atom. The smallest absolute Gasteiger partial charge is 0.293 e. The van der Waals surface area contributed by atoms with Gasteiger partial charge in [0, 0.05) is 44.3 Å². The Balaban J connectivity index is 1.70. The summed E-state index contributed by atoms with van der Waals surface area (Å²) in [5, 5.41) is 6.80. The maximum absolute atomic E-state index is 12.8. The van der Waals surface area contributed by atoms with Gasteiger partial charge >= 0.3 is 0 Å². The molecule has 192 valence electrons. The lowest BCUT2D eigenvalue weighted by atomic mass is 9.92. The molecule has 1 aliphatic rings. The third kappa shape index (κ3) is 5.33. The number of anilines is 3. The largest absolute Gasteiger partial charge is 0.494 e. The molecule has 1 fully saturated rings. The maximum Gasteiger partial charge on any atom is 0.293 e. The van der Waals surface area contributed by atoms with Gasteiger partial charge in [0.25, 0.3) is 11.5 Å². The maximum atomic E-state index is 12.8. The number of fused-ring (bicyclic) bond motifs is 1. The van der Waals surface area contributed by atoms with Gasteiger partial charge in [0.15, 0.2) is 18.2 Å². The van der Waals surface area contributed by atoms with Gasteiger partial charge in [-0.25, -0.2) is 4.98 Å². The number of halogens is 1. The third-order valence-corrected chi connectivity index (χ3v) is 6.52. The topological polar surface area (TPSA) is 111 Å². The second kappa shape index (κ2) is 10.6. The first-order valence-corrected chi connectivity index (χ1v) is 12.2. The Bertz CT molecular complexity index is 1330. The van der Waals surface area contributed by atoms with E-state index in [9.17, 15) is 9.59 Å². The standard InChI is InChI=1S/C25H31ClN6O4/c1-14-6-15(2)12-32(11-14)25-28-10-18(26)23(30-25)29-17-7-16-8-20(36-13-21(33)27-3)24(34)31(4)22(16)19(9-17)35-5/h7-10,14-15H,6,11-13H2,1-5H3,(H,27,33)(H,28,29,30). The number of hydrogen-bond donors (Lipinski definition) is 2. The average Bonchev–Trinajstić information content (AvgIpc) is 2.85. The highest BCUT2D eigenvalue weighted by Gasteiger charge is 2.24. The summed E-state index contributed by atoms with van der Waals surface area (Å²) in [6, 6.07) is 5.21. The van der Waals surface area contributed by atoms with E-state index in [0.29, 0.717) is 51.0 Å². The van der Waals surface area contributed by atoms with E-state index in [1.54, 1.807) is 25.4 Å². The fourth-order valence-electron chi connectivity index (χ4n) is 4.68. The number of aryl methyl sites for hydroxylation is 1. The van der Waals surface area contributed by atoms with Crippen LogP contribution in [0.3, 0.4) is 0 Å². The van der Waals surface area contributed by atoms with E-state index >= 15 is 0 Å². The number of likely N-dealkylation sites (N-methyl/N-ethyl adjacent to an activating group) is 1. The zero-order valence-corrected chi connectivity index (χ0v) is 21.8. The summed E-state index contributed by atoms with van der Waals surface area (Å²) >= 11 is 6.45. The number of methoxy groups -OCH3 is 1. The minimum absolute atomic E-state index is 0.0588. The van der Waals surface area contributed by atoms with Crippen molar-refractivity contribution in [3.05, 3.63) is 39.8 Å². The molecule has 3 heterocycles. The van der Waals surface area contributed by atoms with Crippen LogP contribution in [-0.2, 0) is 11.8 Å². The van der Waals surface area contributed by atoms with Gasteiger partial charge in [0.1, 0.15) is 10.8 Å². The van der Waals surface area contributed by atoms with Crippen LogP contribution in [0.5, 0.6) is 11.5 Å². The van der Waals surface area contributed by atoms with Crippen LogP contribution in [0.2, 0.25) is 5.02 Å². The molecule has 11 heteroatoms. The van der Waals surface area contributed by atoms with Crippen molar-refractivity contribution in [1.29, 1.82) is 0 Å². The zero-order valence-electron chi connectivity index (χ0n) is 21.1. The van der Waals surface area contributed by atoms with Crippen LogP contribution in [-0.4, -0.2) is 54.3 Å². The summed E-state index contributed by atoms with van der Waals surface area (Å²) in [7, 11) is 4.66. The number of aromatic nitrogens is 3. The van der Waals surface area contributed by atoms with Gasteiger partial charge in [-0.1, -0.05) is 25.4 Å². The Morgan fingerprint density at radius 2 is 1.92 bits per heavy atom. The molecule has 0 saturated carbocycles. The van der Waals surface area contributed by atoms with Gasteiger partial charge in [-0.2, -0.15) is 4.98 Å². The number of carbonyl (C=O) groups is 1. The number of rotatable bonds is 7. The third-order valence-electron chi connectivity index (χ3n) is 6.25. The number of piperidine rings is 1. The van der Waals surface area contributed by atoms with Crippen molar-refractivity contribution in [2.24, 2.45) is 18.9 Å². The van der Waals surface area contributed by atoms with Gasteiger partial charge in [-0.3, -0.25) is 9.59 Å². The lowest BCUT2D eigenvalue weighted by molar-refractivity contribution is -0.122. The van der Waals surface area contributed by atoms with Gasteiger partial charge in [-0.05, 0) is 30.4 Å². The SMILES string of the molecule is CNC(=O)COc1cc2cc(Nc3nc(N4CC(C)CC(C)C4)ncc3Cl)cc(OC)c2n(C)c1=O. The Morgan fingerprint density at radius 1 is 1.19 bits per heavy atom. The van der Waals surface area contributed by atoms with Crippen molar-refractivity contribution >= 4 is 45.9 Å². The normalized spacial score (nSPS) is 17.7. The van der Waals surface area contributed by atoms with Crippen molar-refractivity contribution in [1.82, 2.24) is 19.9 Å². The molecule has 2 N–H and O–H groups in total. The molecule has 0 radical (unpaired) electrons. The van der Waals surface area contributed by atoms with Crippen molar-refractivity contribution in [2.45, 2.75) is 20.3 Å². The van der Waals surface area contributed by atoms with Crippen LogP contribution in [0.15, 0.2) is 29.2 Å². The van der Waals surface area contributed by atoms with E-state index in [0.717, 1.165) is 13.1 Å². The predicted octanol–water partition coefficient (Wildman–Crippen LogP) is 3.34. The Kier molecular flexibility index (Phi) is 7.53. The monoisotopic (exact) mass is 514 g/mol. The minimum atomic E-state index is -0.376. The van der Waals surface area contributed by atoms with Crippen LogP contribution >= 0.6 is 11.6 Å². The number of carbonyl (C=O) groups excluding carboxylic acids is 1. The Hall–Kier alpha value is -3.53. The first-order valence-electron chi connectivity index (χ1n) is 11.8. The molecule has 2 aromatic heterocycles. The predicted molar refractivity (Wildman–Crippen MR) is 141 cm³/mol. The van der Waals surface area contributed by atoms with Gasteiger partial charge in [-0.15, -0.1) is 0 Å². The second-order valence-corrected chi connectivity index (χ2v) is 9.70. The molecule has 3 aromatic rings. The van der Waals surface area contributed by atoms with E-state index in [4.69, 9.17) is 26.1 Å². The first kappa shape index (κ1) is 25.6. The number of pyridine rings is 1. The number of benzene rings is 1. The van der Waals surface area contributed by atoms with Gasteiger partial charge in [0.2, 0.25) is 5.95 Å². The van der Waals surface area contributed by atoms with E-state index in [2.05, 4.69) is 34.4 Å². The van der Waals surface area contributed by atoms with Crippen LogP contribution in [0, 0.1) is 11.8 Å². The molecule has 1 aliphatic heterocycles. The second-order valence-electron chi connectivity index (χ2n) is 9.29. The quantitative estimate of drug-likeness (QED) is 0.494. The fraction of sp³-hybridized carbons (Fsp3) is 0.440. The van der Waals surface area contributed by atoms with Crippen molar-refractivity contribution in [3.63, 3.8) is 0 Å². The number of nitrogens with zero attached hydrogens (tertiary/aromatic N) is 4. The highest BCUT2D eigenvalue weighted by atomic mass is 35.5. The highest BCUT2D eigenvalue weighted by Crippen LogP contribution is 2.34. The van der Waals surface area contributed by atoms with Crippen molar-refractivity contribution in [2.75, 3.05) is 44.1 Å². The lowest BCUT2D eigenvalue weighted by Gasteiger charge is -2.35. The molecule has 1 aromatic carbocycles. The Labute approximate surface area is 214 Å². The fourth-order valence-corrected chi connectivity index (χ4v) is 4.81. The number of ether oxygens (including phenoxy) is 2. The first-order chi connectivity index (χ1) is 17.2. The molecule has 36 heavy (non-hydrogen) atoms. The van der Waals surface area contributed by atoms with Crippen LogP contribution in [0.1, 0.15) is 20.3 Å².